The standard InChI is InChI=1S/C19H40N2Si/c1-15(2)11-10-12-19(9)13-14-20-21-22(16(3)4,17(5)6)18(7)8/h11,14,16-19,21H,10,12-13H2,1-9H3/b20-14+/t19-/m0/s1. The van der Waals surface area contributed by atoms with Gasteiger partial charge >= 0.3 is 0 Å². The molecule has 0 bridgehead atoms. The molecule has 0 unspecified atom stereocenters. The molecule has 2 nitrogen and oxygen atoms in total. The highest BCUT2D eigenvalue weighted by Gasteiger charge is 2.43. The molecule has 0 heterocycles. The maximum Gasteiger partial charge on any atom is 0.181 e. The number of nitrogens with one attached hydrogen (secondary N) is 1. The molecule has 0 spiro atoms. The van der Waals surface area contributed by atoms with E-state index in [-0.39, 0.29) is 0 Å². The van der Waals surface area contributed by atoms with Crippen molar-refractivity contribution < 1.29 is 0 Å². The molecule has 0 aliphatic heterocycles. The number of allylic oxidation sites excluding steroid dienone is 2. The first kappa shape index (κ1) is 21.4. The second-order valence-corrected chi connectivity index (χ2v) is 13.6. The lowest BCUT2D eigenvalue weighted by molar-refractivity contribution is 0.562. The fraction of sp³-hybridized carbons (Fsp3) is 0.842. The molecule has 3 heteroatoms. The predicted octanol–water partition coefficient (Wildman–Crippen LogP) is 6.51. The summed E-state index contributed by atoms with van der Waals surface area (Å²) < 4.78 is 0. The number of rotatable bonds is 10. The third kappa shape index (κ3) is 6.68. The Morgan fingerprint density at radius 3 is 1.86 bits per heavy atom. The van der Waals surface area contributed by atoms with E-state index in [0.29, 0.717) is 22.5 Å². The molecule has 0 saturated carbocycles. The van der Waals surface area contributed by atoms with Gasteiger partial charge in [-0.1, -0.05) is 60.1 Å². The van der Waals surface area contributed by atoms with Gasteiger partial charge in [-0.3, -0.25) is 0 Å². The molecular formula is C19H40N2Si. The topological polar surface area (TPSA) is 24.4 Å². The van der Waals surface area contributed by atoms with E-state index in [2.05, 4.69) is 84.8 Å². The summed E-state index contributed by atoms with van der Waals surface area (Å²) in [6, 6.07) is 0. The van der Waals surface area contributed by atoms with Crippen LogP contribution in [0.15, 0.2) is 16.8 Å². The Hall–Kier alpha value is -0.573. The van der Waals surface area contributed by atoms with Gasteiger partial charge in [0.25, 0.3) is 0 Å². The van der Waals surface area contributed by atoms with Crippen molar-refractivity contribution in [3.8, 4) is 0 Å². The van der Waals surface area contributed by atoms with Crippen molar-refractivity contribution in [1.82, 2.24) is 5.09 Å². The molecule has 0 saturated heterocycles. The first-order valence-corrected chi connectivity index (χ1v) is 11.3. The lowest BCUT2D eigenvalue weighted by Crippen LogP contribution is -2.55. The van der Waals surface area contributed by atoms with Crippen LogP contribution in [0.1, 0.15) is 81.6 Å². The monoisotopic (exact) mass is 324 g/mol. The molecule has 1 atom stereocenters. The summed E-state index contributed by atoms with van der Waals surface area (Å²) in [5, 5.41) is 8.32. The molecule has 0 amide bonds. The Morgan fingerprint density at radius 2 is 1.45 bits per heavy atom. The minimum atomic E-state index is -1.60. The van der Waals surface area contributed by atoms with Crippen molar-refractivity contribution in [3.63, 3.8) is 0 Å². The van der Waals surface area contributed by atoms with E-state index in [4.69, 9.17) is 0 Å². The average Bonchev–Trinajstić information content (AvgIpc) is 2.36. The van der Waals surface area contributed by atoms with Crippen LogP contribution in [-0.2, 0) is 0 Å². The van der Waals surface area contributed by atoms with Gasteiger partial charge in [0.15, 0.2) is 8.24 Å². The second-order valence-electron chi connectivity index (χ2n) is 8.02. The summed E-state index contributed by atoms with van der Waals surface area (Å²) in [6.45, 7) is 20.8. The Balaban J connectivity index is 4.52. The molecule has 0 aliphatic rings. The lowest BCUT2D eigenvalue weighted by Gasteiger charge is -2.41. The Kier molecular flexibility index (Phi) is 9.98. The van der Waals surface area contributed by atoms with E-state index in [1.54, 1.807) is 0 Å². The SMILES string of the molecule is CC(C)=CCC[C@H](C)C/C=N/N[Si](C(C)C)(C(C)C)C(C)C. The molecule has 0 aliphatic carbocycles. The van der Waals surface area contributed by atoms with Crippen molar-refractivity contribution >= 4 is 14.5 Å². The largest absolute Gasteiger partial charge is 0.336 e. The predicted molar refractivity (Wildman–Crippen MR) is 105 cm³/mol. The van der Waals surface area contributed by atoms with E-state index >= 15 is 0 Å². The summed E-state index contributed by atoms with van der Waals surface area (Å²) in [5.41, 5.74) is 3.50. The van der Waals surface area contributed by atoms with Crippen molar-refractivity contribution in [1.29, 1.82) is 0 Å². The van der Waals surface area contributed by atoms with E-state index in [9.17, 15) is 0 Å². The summed E-state index contributed by atoms with van der Waals surface area (Å²) in [4.78, 5) is 0. The van der Waals surface area contributed by atoms with Gasteiger partial charge in [0.05, 0.1) is 0 Å². The third-order valence-corrected chi connectivity index (χ3v) is 11.2. The van der Waals surface area contributed by atoms with E-state index in [1.807, 2.05) is 0 Å². The molecule has 0 fully saturated rings. The summed E-state index contributed by atoms with van der Waals surface area (Å²) in [5.74, 6) is 0.703. The normalized spacial score (nSPS) is 14.2. The number of nitrogens with zero attached hydrogens (tertiary/aromatic N) is 1. The van der Waals surface area contributed by atoms with E-state index in [1.165, 1.54) is 18.4 Å². The zero-order valence-corrected chi connectivity index (χ0v) is 17.5. The summed E-state index contributed by atoms with van der Waals surface area (Å²) in [7, 11) is -1.60. The Morgan fingerprint density at radius 1 is 0.955 bits per heavy atom. The molecule has 22 heavy (non-hydrogen) atoms. The van der Waals surface area contributed by atoms with E-state index < -0.39 is 8.24 Å². The van der Waals surface area contributed by atoms with Crippen LogP contribution in [-0.4, -0.2) is 14.5 Å². The van der Waals surface area contributed by atoms with E-state index in [0.717, 1.165) is 6.42 Å². The van der Waals surface area contributed by atoms with Crippen molar-refractivity contribution in [2.45, 2.75) is 98.2 Å². The maximum absolute atomic E-state index is 4.66. The average molecular weight is 325 g/mol. The van der Waals surface area contributed by atoms with Gasteiger partial charge in [-0.15, -0.1) is 0 Å². The minimum absolute atomic E-state index is 0.694. The van der Waals surface area contributed by atoms with Gasteiger partial charge in [0.1, 0.15) is 0 Å². The zero-order valence-electron chi connectivity index (χ0n) is 16.5. The Labute approximate surface area is 140 Å². The number of hydrogen-bond donors (Lipinski definition) is 1. The molecule has 1 N–H and O–H groups in total. The molecule has 0 aromatic heterocycles. The van der Waals surface area contributed by atoms with Gasteiger partial charge in [-0.25, -0.2) is 5.10 Å². The molecule has 130 valence electrons. The Bertz CT molecular complexity index is 331. The van der Waals surface area contributed by atoms with Crippen LogP contribution >= 0.6 is 0 Å². The van der Waals surface area contributed by atoms with Gasteiger partial charge in [0, 0.05) is 6.21 Å². The van der Waals surface area contributed by atoms with Gasteiger partial charge in [0.2, 0.25) is 0 Å². The first-order valence-electron chi connectivity index (χ1n) is 9.06. The van der Waals surface area contributed by atoms with Crippen molar-refractivity contribution in [2.24, 2.45) is 11.0 Å². The van der Waals surface area contributed by atoms with Crippen molar-refractivity contribution in [2.75, 3.05) is 0 Å². The van der Waals surface area contributed by atoms with Crippen LogP contribution in [0.4, 0.5) is 0 Å². The maximum atomic E-state index is 4.66. The molecule has 0 aromatic carbocycles. The van der Waals surface area contributed by atoms with Crippen LogP contribution in [0.3, 0.4) is 0 Å². The summed E-state index contributed by atoms with van der Waals surface area (Å²) >= 11 is 0. The lowest BCUT2D eigenvalue weighted by atomic mass is 10.0. The fourth-order valence-corrected chi connectivity index (χ4v) is 8.64. The molecule has 0 aromatic rings. The number of hydrazone groups is 1. The molecule has 0 radical (unpaired) electrons. The van der Waals surface area contributed by atoms with Gasteiger partial charge < -0.3 is 5.09 Å². The van der Waals surface area contributed by atoms with Crippen LogP contribution in [0.25, 0.3) is 0 Å². The minimum Gasteiger partial charge on any atom is -0.336 e. The second kappa shape index (κ2) is 10.2. The van der Waals surface area contributed by atoms with Crippen LogP contribution in [0.2, 0.25) is 16.6 Å². The fourth-order valence-electron chi connectivity index (χ4n) is 3.55. The first-order chi connectivity index (χ1) is 10.1. The highest BCUT2D eigenvalue weighted by atomic mass is 28.3. The number of hydrogen-bond acceptors (Lipinski definition) is 2. The van der Waals surface area contributed by atoms with Gasteiger partial charge in [-0.05, 0) is 55.7 Å². The zero-order chi connectivity index (χ0) is 17.3. The van der Waals surface area contributed by atoms with Crippen LogP contribution < -0.4 is 5.09 Å². The molecule has 0 rings (SSSR count). The van der Waals surface area contributed by atoms with Crippen LogP contribution in [0.5, 0.6) is 0 Å². The smallest absolute Gasteiger partial charge is 0.181 e. The third-order valence-electron chi connectivity index (χ3n) is 4.94. The highest BCUT2D eigenvalue weighted by molar-refractivity contribution is 6.81. The highest BCUT2D eigenvalue weighted by Crippen LogP contribution is 2.38. The van der Waals surface area contributed by atoms with Crippen molar-refractivity contribution in [3.05, 3.63) is 11.6 Å². The quantitative estimate of drug-likeness (QED) is 0.211. The van der Waals surface area contributed by atoms with Crippen LogP contribution in [0, 0.1) is 5.92 Å². The van der Waals surface area contributed by atoms with Gasteiger partial charge in [-0.2, -0.15) is 0 Å². The summed E-state index contributed by atoms with van der Waals surface area (Å²) in [6.07, 6.45) is 7.95. The molecular weight excluding hydrogens is 284 g/mol.